The molecule has 0 aliphatic heterocycles. The molecule has 5 nitrogen and oxygen atoms in total. The molecule has 0 fully saturated rings. The third-order valence-electron chi connectivity index (χ3n) is 5.86. The van der Waals surface area contributed by atoms with Gasteiger partial charge < -0.3 is 14.2 Å². The number of esters is 2. The minimum absolute atomic E-state index is 0.231. The molecule has 0 saturated heterocycles. The molecule has 0 aromatic heterocycles. The third kappa shape index (κ3) is 14.3. The summed E-state index contributed by atoms with van der Waals surface area (Å²) in [5.74, 6) is 0.343. The van der Waals surface area contributed by atoms with Gasteiger partial charge in [-0.1, -0.05) is 104 Å². The molecule has 1 rings (SSSR count). The van der Waals surface area contributed by atoms with Crippen molar-refractivity contribution in [1.82, 2.24) is 0 Å². The minimum Gasteiger partial charge on any atom is -0.490 e. The van der Waals surface area contributed by atoms with Crippen molar-refractivity contribution in [1.29, 1.82) is 0 Å². The molecule has 5 heteroatoms. The summed E-state index contributed by atoms with van der Waals surface area (Å²) >= 11 is 0. The average Bonchev–Trinajstić information content (AvgIpc) is 2.82. The van der Waals surface area contributed by atoms with Gasteiger partial charge in [0.25, 0.3) is 0 Å². The lowest BCUT2D eigenvalue weighted by atomic mass is 10.1. The second-order valence-corrected chi connectivity index (χ2v) is 9.12. The quantitative estimate of drug-likeness (QED) is 0.101. The molecule has 0 aliphatic rings. The molecule has 0 saturated carbocycles. The van der Waals surface area contributed by atoms with Crippen LogP contribution < -0.4 is 14.2 Å². The Morgan fingerprint density at radius 2 is 1.06 bits per heavy atom. The smallest absolute Gasteiger partial charge is 0.311 e. The number of ether oxygens (including phenoxy) is 3. The van der Waals surface area contributed by atoms with E-state index in [4.69, 9.17) is 14.2 Å². The van der Waals surface area contributed by atoms with Gasteiger partial charge in [0, 0.05) is 12.8 Å². The topological polar surface area (TPSA) is 61.8 Å². The van der Waals surface area contributed by atoms with Crippen LogP contribution in [0.3, 0.4) is 0 Å². The number of hydrogen-bond donors (Lipinski definition) is 0. The first-order valence-electron chi connectivity index (χ1n) is 13.8. The molecule has 0 unspecified atom stereocenters. The molecular formula is C29H48O5. The second kappa shape index (κ2) is 20.3. The van der Waals surface area contributed by atoms with Crippen LogP contribution in [0, 0.1) is 0 Å². The van der Waals surface area contributed by atoms with Crippen molar-refractivity contribution in [3.8, 4) is 17.2 Å². The number of carbonyl (C=O) groups excluding carboxylic acids is 2. The van der Waals surface area contributed by atoms with Crippen LogP contribution in [0.1, 0.15) is 130 Å². The van der Waals surface area contributed by atoms with Crippen molar-refractivity contribution in [3.05, 3.63) is 18.2 Å². The Morgan fingerprint density at radius 3 is 1.62 bits per heavy atom. The first-order chi connectivity index (χ1) is 16.6. The number of hydrogen-bond acceptors (Lipinski definition) is 5. The van der Waals surface area contributed by atoms with Crippen LogP contribution in [0.25, 0.3) is 0 Å². The molecule has 0 heterocycles. The zero-order valence-electron chi connectivity index (χ0n) is 22.0. The van der Waals surface area contributed by atoms with Crippen LogP contribution >= 0.6 is 0 Å². The number of benzene rings is 1. The van der Waals surface area contributed by atoms with Gasteiger partial charge in [0.15, 0.2) is 11.5 Å². The maximum absolute atomic E-state index is 12.5. The lowest BCUT2D eigenvalue weighted by molar-refractivity contribution is -0.137. The Kier molecular flexibility index (Phi) is 17.9. The summed E-state index contributed by atoms with van der Waals surface area (Å²) < 4.78 is 17.3. The molecule has 0 radical (unpaired) electrons. The zero-order valence-corrected chi connectivity index (χ0v) is 22.0. The summed E-state index contributed by atoms with van der Waals surface area (Å²) in [5, 5.41) is 0. The Hall–Kier alpha value is -2.04. The lowest BCUT2D eigenvalue weighted by Gasteiger charge is -2.15. The van der Waals surface area contributed by atoms with E-state index in [1.54, 1.807) is 18.2 Å². The fraction of sp³-hybridized carbons (Fsp3) is 0.724. The highest BCUT2D eigenvalue weighted by molar-refractivity contribution is 5.77. The van der Waals surface area contributed by atoms with Crippen LogP contribution in [0.2, 0.25) is 0 Å². The number of para-hydroxylation sites is 1. The van der Waals surface area contributed by atoms with E-state index in [1.165, 1.54) is 44.9 Å². The van der Waals surface area contributed by atoms with Crippen molar-refractivity contribution < 1.29 is 23.8 Å². The highest BCUT2D eigenvalue weighted by atomic mass is 16.6. The number of carbonyl (C=O) groups is 2. The molecule has 0 bridgehead atoms. The molecule has 1 aromatic carbocycles. The first-order valence-corrected chi connectivity index (χ1v) is 13.8. The van der Waals surface area contributed by atoms with Gasteiger partial charge in [0.2, 0.25) is 5.75 Å². The predicted molar refractivity (Wildman–Crippen MR) is 139 cm³/mol. The minimum atomic E-state index is -0.313. The van der Waals surface area contributed by atoms with Crippen molar-refractivity contribution in [2.75, 3.05) is 6.61 Å². The van der Waals surface area contributed by atoms with E-state index >= 15 is 0 Å². The summed E-state index contributed by atoms with van der Waals surface area (Å²) in [6.07, 6.45) is 17.0. The van der Waals surface area contributed by atoms with E-state index in [1.807, 2.05) is 0 Å². The van der Waals surface area contributed by atoms with Gasteiger partial charge in [0.1, 0.15) is 0 Å². The van der Waals surface area contributed by atoms with Crippen molar-refractivity contribution in [3.63, 3.8) is 0 Å². The Morgan fingerprint density at radius 1 is 0.588 bits per heavy atom. The van der Waals surface area contributed by atoms with Crippen LogP contribution in [0.15, 0.2) is 18.2 Å². The standard InChI is InChI=1S/C29H48O5/c1-4-7-10-13-16-22-27(30)33-26-21-19-20-25(32-24-18-15-12-9-6-3)29(26)34-28(31)23-17-14-11-8-5-2/h19-21H,4-18,22-24H2,1-3H3. The Bertz CT molecular complexity index is 670. The second-order valence-electron chi connectivity index (χ2n) is 9.12. The molecule has 1 aromatic rings. The maximum atomic E-state index is 12.5. The van der Waals surface area contributed by atoms with Crippen LogP contribution in [0.5, 0.6) is 17.2 Å². The monoisotopic (exact) mass is 476 g/mol. The van der Waals surface area contributed by atoms with Crippen LogP contribution in [-0.4, -0.2) is 18.5 Å². The van der Waals surface area contributed by atoms with Gasteiger partial charge >= 0.3 is 11.9 Å². The fourth-order valence-electron chi connectivity index (χ4n) is 3.76. The molecule has 0 N–H and O–H groups in total. The normalized spacial score (nSPS) is 10.8. The van der Waals surface area contributed by atoms with Gasteiger partial charge in [-0.3, -0.25) is 9.59 Å². The van der Waals surface area contributed by atoms with E-state index in [0.717, 1.165) is 51.4 Å². The van der Waals surface area contributed by atoms with Crippen molar-refractivity contribution in [2.24, 2.45) is 0 Å². The zero-order chi connectivity index (χ0) is 24.9. The van der Waals surface area contributed by atoms with Gasteiger partial charge in [-0.05, 0) is 31.4 Å². The summed E-state index contributed by atoms with van der Waals surface area (Å²) in [6, 6.07) is 5.23. The molecule has 0 amide bonds. The highest BCUT2D eigenvalue weighted by Crippen LogP contribution is 2.38. The van der Waals surface area contributed by atoms with Crippen molar-refractivity contribution in [2.45, 2.75) is 130 Å². The van der Waals surface area contributed by atoms with Crippen LogP contribution in [-0.2, 0) is 9.59 Å². The maximum Gasteiger partial charge on any atom is 0.311 e. The van der Waals surface area contributed by atoms with Gasteiger partial charge in [-0.15, -0.1) is 0 Å². The summed E-state index contributed by atoms with van der Waals surface area (Å²) in [6.45, 7) is 7.07. The average molecular weight is 477 g/mol. The van der Waals surface area contributed by atoms with E-state index < -0.39 is 0 Å². The summed E-state index contributed by atoms with van der Waals surface area (Å²) in [5.41, 5.74) is 0. The van der Waals surface area contributed by atoms with E-state index in [-0.39, 0.29) is 23.4 Å². The van der Waals surface area contributed by atoms with E-state index in [2.05, 4.69) is 20.8 Å². The SMILES string of the molecule is CCCCCCCOc1cccc(OC(=O)CCCCCCC)c1OC(=O)CCCCCCC. The predicted octanol–water partition coefficient (Wildman–Crippen LogP) is 8.57. The molecule has 194 valence electrons. The molecule has 0 spiro atoms. The lowest BCUT2D eigenvalue weighted by Crippen LogP contribution is -2.13. The number of rotatable bonds is 21. The van der Waals surface area contributed by atoms with Gasteiger partial charge in [0.05, 0.1) is 6.61 Å². The Balaban J connectivity index is 2.73. The molecule has 34 heavy (non-hydrogen) atoms. The van der Waals surface area contributed by atoms with Crippen LogP contribution in [0.4, 0.5) is 0 Å². The molecular weight excluding hydrogens is 428 g/mol. The third-order valence-corrected chi connectivity index (χ3v) is 5.86. The van der Waals surface area contributed by atoms with Gasteiger partial charge in [-0.2, -0.15) is 0 Å². The molecule has 0 aliphatic carbocycles. The highest BCUT2D eigenvalue weighted by Gasteiger charge is 2.19. The fourth-order valence-corrected chi connectivity index (χ4v) is 3.76. The molecule has 0 atom stereocenters. The number of unbranched alkanes of at least 4 members (excludes halogenated alkanes) is 12. The van der Waals surface area contributed by atoms with Crippen molar-refractivity contribution >= 4 is 11.9 Å². The first kappa shape index (κ1) is 30.0. The van der Waals surface area contributed by atoms with Gasteiger partial charge in [-0.25, -0.2) is 0 Å². The summed E-state index contributed by atoms with van der Waals surface area (Å²) in [4.78, 5) is 25.0. The largest absolute Gasteiger partial charge is 0.490 e. The summed E-state index contributed by atoms with van der Waals surface area (Å²) in [7, 11) is 0. The van der Waals surface area contributed by atoms with E-state index in [0.29, 0.717) is 25.2 Å². The van der Waals surface area contributed by atoms with E-state index in [9.17, 15) is 9.59 Å². The Labute approximate surface area is 207 Å².